The lowest BCUT2D eigenvalue weighted by molar-refractivity contribution is -0.161. The number of piperidine rings is 2. The zero-order chi connectivity index (χ0) is 16.8. The molecule has 2 fully saturated rings. The van der Waals surface area contributed by atoms with E-state index in [-0.39, 0.29) is 6.61 Å². The van der Waals surface area contributed by atoms with Crippen LogP contribution in [0.5, 0.6) is 0 Å². The Hall–Kier alpha value is -1.14. The fraction of sp³-hybridized carbons (Fsp3) is 0.882. The average Bonchev–Trinajstić information content (AvgIpc) is 2.54. The highest BCUT2D eigenvalue weighted by Crippen LogP contribution is 2.32. The van der Waals surface area contributed by atoms with Crippen molar-refractivity contribution >= 4 is 11.9 Å². The van der Waals surface area contributed by atoms with Crippen LogP contribution in [0.25, 0.3) is 0 Å². The van der Waals surface area contributed by atoms with Crippen LogP contribution in [0.4, 0.5) is 0 Å². The Bertz CT molecular complexity index is 398. The summed E-state index contributed by atoms with van der Waals surface area (Å²) in [5, 5.41) is 0. The lowest BCUT2D eigenvalue weighted by atomic mass is 9.79. The molecule has 2 heterocycles. The van der Waals surface area contributed by atoms with Gasteiger partial charge in [-0.1, -0.05) is 0 Å². The predicted molar refractivity (Wildman–Crippen MR) is 89.0 cm³/mol. The van der Waals surface area contributed by atoms with Gasteiger partial charge in [0.1, 0.15) is 6.61 Å². The molecule has 2 rings (SSSR count). The molecule has 0 N–H and O–H groups in total. The van der Waals surface area contributed by atoms with Gasteiger partial charge in [0.2, 0.25) is 0 Å². The number of esters is 1. The second-order valence-corrected chi connectivity index (χ2v) is 7.21. The molecule has 0 aromatic heterocycles. The minimum Gasteiger partial charge on any atom is -0.457 e. The van der Waals surface area contributed by atoms with Crippen LogP contribution in [0.15, 0.2) is 0 Å². The van der Waals surface area contributed by atoms with Crippen molar-refractivity contribution in [1.29, 1.82) is 0 Å². The molecule has 0 aromatic carbocycles. The van der Waals surface area contributed by atoms with Crippen LogP contribution in [0.1, 0.15) is 25.7 Å². The molecule has 0 atom stereocenters. The molecule has 132 valence electrons. The van der Waals surface area contributed by atoms with Crippen LogP contribution < -0.4 is 0 Å². The number of amides is 1. The Labute approximate surface area is 139 Å². The Morgan fingerprint density at radius 3 is 2.04 bits per heavy atom. The standard InChI is InChI=1S/C17H31N3O3/c1-18(2)12-13-23-17(22)16(21)20-10-6-15(7-11-20)14-4-8-19(3)9-5-14/h14-15H,4-13H2,1-3H3. The van der Waals surface area contributed by atoms with E-state index in [1.54, 1.807) is 4.90 Å². The molecule has 23 heavy (non-hydrogen) atoms. The van der Waals surface area contributed by atoms with Crippen molar-refractivity contribution in [2.24, 2.45) is 11.8 Å². The number of carbonyl (C=O) groups excluding carboxylic acids is 2. The SMILES string of the molecule is CN(C)CCOC(=O)C(=O)N1CCC(C2CCN(C)CC2)CC1. The van der Waals surface area contributed by atoms with E-state index in [0.717, 1.165) is 18.8 Å². The molecule has 0 saturated carbocycles. The number of likely N-dealkylation sites (tertiary alicyclic amines) is 2. The molecular formula is C17H31N3O3. The maximum atomic E-state index is 12.1. The molecule has 2 saturated heterocycles. The summed E-state index contributed by atoms with van der Waals surface area (Å²) in [7, 11) is 5.99. The van der Waals surface area contributed by atoms with E-state index in [1.165, 1.54) is 25.9 Å². The third-order valence-corrected chi connectivity index (χ3v) is 5.20. The number of hydrogen-bond donors (Lipinski definition) is 0. The van der Waals surface area contributed by atoms with Crippen LogP contribution in [0.2, 0.25) is 0 Å². The van der Waals surface area contributed by atoms with Gasteiger partial charge in [-0.3, -0.25) is 4.79 Å². The Morgan fingerprint density at radius 2 is 1.52 bits per heavy atom. The van der Waals surface area contributed by atoms with Crippen molar-refractivity contribution in [1.82, 2.24) is 14.7 Å². The molecule has 0 aliphatic carbocycles. The molecule has 6 heteroatoms. The van der Waals surface area contributed by atoms with Gasteiger partial charge >= 0.3 is 11.9 Å². The summed E-state index contributed by atoms with van der Waals surface area (Å²) in [5.41, 5.74) is 0. The summed E-state index contributed by atoms with van der Waals surface area (Å²) in [6, 6.07) is 0. The Kier molecular flexibility index (Phi) is 6.84. The highest BCUT2D eigenvalue weighted by atomic mass is 16.5. The van der Waals surface area contributed by atoms with Crippen molar-refractivity contribution in [3.63, 3.8) is 0 Å². The van der Waals surface area contributed by atoms with Crippen LogP contribution in [0.3, 0.4) is 0 Å². The van der Waals surface area contributed by atoms with E-state index in [9.17, 15) is 9.59 Å². The van der Waals surface area contributed by atoms with Crippen molar-refractivity contribution in [3.8, 4) is 0 Å². The van der Waals surface area contributed by atoms with Crippen molar-refractivity contribution in [2.45, 2.75) is 25.7 Å². The van der Waals surface area contributed by atoms with E-state index < -0.39 is 11.9 Å². The lowest BCUT2D eigenvalue weighted by Crippen LogP contribution is -2.45. The van der Waals surface area contributed by atoms with E-state index in [0.29, 0.717) is 25.6 Å². The van der Waals surface area contributed by atoms with E-state index in [2.05, 4.69) is 11.9 Å². The molecule has 6 nitrogen and oxygen atoms in total. The minimum atomic E-state index is -0.704. The van der Waals surface area contributed by atoms with Crippen molar-refractivity contribution < 1.29 is 14.3 Å². The number of carbonyl (C=O) groups is 2. The molecule has 2 aliphatic heterocycles. The van der Waals surface area contributed by atoms with E-state index in [4.69, 9.17) is 4.74 Å². The maximum absolute atomic E-state index is 12.1. The van der Waals surface area contributed by atoms with Gasteiger partial charge in [-0.05, 0) is 71.8 Å². The fourth-order valence-corrected chi connectivity index (χ4v) is 3.59. The molecule has 0 bridgehead atoms. The summed E-state index contributed by atoms with van der Waals surface area (Å²) in [5.74, 6) is 0.322. The van der Waals surface area contributed by atoms with Gasteiger partial charge in [-0.15, -0.1) is 0 Å². The van der Waals surface area contributed by atoms with Gasteiger partial charge in [0, 0.05) is 19.6 Å². The smallest absolute Gasteiger partial charge is 0.397 e. The highest BCUT2D eigenvalue weighted by molar-refractivity contribution is 6.32. The second kappa shape index (κ2) is 8.64. The Balaban J connectivity index is 1.71. The molecule has 0 aromatic rings. The second-order valence-electron chi connectivity index (χ2n) is 7.21. The highest BCUT2D eigenvalue weighted by Gasteiger charge is 2.32. The number of nitrogens with zero attached hydrogens (tertiary/aromatic N) is 3. The molecular weight excluding hydrogens is 294 g/mol. The summed E-state index contributed by atoms with van der Waals surface area (Å²) >= 11 is 0. The van der Waals surface area contributed by atoms with Gasteiger partial charge in [-0.25, -0.2) is 4.79 Å². The molecule has 2 aliphatic rings. The normalized spacial score (nSPS) is 21.7. The first-order valence-electron chi connectivity index (χ1n) is 8.76. The van der Waals surface area contributed by atoms with Gasteiger partial charge in [0.15, 0.2) is 0 Å². The number of hydrogen-bond acceptors (Lipinski definition) is 5. The largest absolute Gasteiger partial charge is 0.457 e. The summed E-state index contributed by atoms with van der Waals surface area (Å²) in [4.78, 5) is 29.9. The topological polar surface area (TPSA) is 53.1 Å². The van der Waals surface area contributed by atoms with Gasteiger partial charge in [-0.2, -0.15) is 0 Å². The zero-order valence-corrected chi connectivity index (χ0v) is 14.8. The summed E-state index contributed by atoms with van der Waals surface area (Å²) in [6.07, 6.45) is 4.57. The van der Waals surface area contributed by atoms with Gasteiger partial charge < -0.3 is 19.4 Å². The fourth-order valence-electron chi connectivity index (χ4n) is 3.59. The number of ether oxygens (including phenoxy) is 1. The monoisotopic (exact) mass is 325 g/mol. The van der Waals surface area contributed by atoms with Crippen molar-refractivity contribution in [3.05, 3.63) is 0 Å². The van der Waals surface area contributed by atoms with Crippen LogP contribution >= 0.6 is 0 Å². The quantitative estimate of drug-likeness (QED) is 0.562. The van der Waals surface area contributed by atoms with Crippen LogP contribution in [-0.4, -0.2) is 87.0 Å². The summed E-state index contributed by atoms with van der Waals surface area (Å²) < 4.78 is 5.05. The molecule has 0 radical (unpaired) electrons. The van der Waals surface area contributed by atoms with Gasteiger partial charge in [0.25, 0.3) is 0 Å². The van der Waals surface area contributed by atoms with E-state index >= 15 is 0 Å². The Morgan fingerprint density at radius 1 is 1.00 bits per heavy atom. The number of likely N-dealkylation sites (N-methyl/N-ethyl adjacent to an activating group) is 1. The molecule has 1 amide bonds. The maximum Gasteiger partial charge on any atom is 0.397 e. The van der Waals surface area contributed by atoms with Crippen LogP contribution in [0, 0.1) is 11.8 Å². The average molecular weight is 325 g/mol. The first-order chi connectivity index (χ1) is 11.0. The lowest BCUT2D eigenvalue weighted by Gasteiger charge is -2.39. The minimum absolute atomic E-state index is 0.267. The molecule has 0 unspecified atom stereocenters. The van der Waals surface area contributed by atoms with Gasteiger partial charge in [0.05, 0.1) is 0 Å². The van der Waals surface area contributed by atoms with E-state index in [1.807, 2.05) is 19.0 Å². The first-order valence-corrected chi connectivity index (χ1v) is 8.76. The van der Waals surface area contributed by atoms with Crippen LogP contribution in [-0.2, 0) is 14.3 Å². The first kappa shape index (κ1) is 18.2. The zero-order valence-electron chi connectivity index (χ0n) is 14.8. The predicted octanol–water partition coefficient (Wildman–Crippen LogP) is 0.672. The third-order valence-electron chi connectivity index (χ3n) is 5.20. The molecule has 0 spiro atoms. The summed E-state index contributed by atoms with van der Waals surface area (Å²) in [6.45, 7) is 4.65. The van der Waals surface area contributed by atoms with Crippen molar-refractivity contribution in [2.75, 3.05) is 60.5 Å². The number of rotatable bonds is 4. The third kappa shape index (κ3) is 5.46.